The first-order valence-electron chi connectivity index (χ1n) is 9.36. The Morgan fingerprint density at radius 2 is 2.00 bits per heavy atom. The van der Waals surface area contributed by atoms with Crippen LogP contribution in [0.1, 0.15) is 23.5 Å². The molecule has 1 saturated heterocycles. The summed E-state index contributed by atoms with van der Waals surface area (Å²) < 4.78 is 18.3. The lowest BCUT2D eigenvalue weighted by Crippen LogP contribution is -2.44. The minimum Gasteiger partial charge on any atom is -0.484 e. The minimum absolute atomic E-state index is 0.0432. The van der Waals surface area contributed by atoms with Gasteiger partial charge in [0.1, 0.15) is 11.6 Å². The van der Waals surface area contributed by atoms with Gasteiger partial charge in [0.05, 0.1) is 10.7 Å². The number of hydrogen-bond acceptors (Lipinski definition) is 5. The molecule has 1 aliphatic heterocycles. The van der Waals surface area contributed by atoms with Gasteiger partial charge in [0.2, 0.25) is 5.91 Å². The molecular formula is C20H24FN3O3S. The van der Waals surface area contributed by atoms with Crippen LogP contribution in [0.25, 0.3) is 0 Å². The summed E-state index contributed by atoms with van der Waals surface area (Å²) in [5, 5.41) is 6.02. The second-order valence-corrected chi connectivity index (χ2v) is 7.86. The van der Waals surface area contributed by atoms with Crippen molar-refractivity contribution in [1.29, 1.82) is 0 Å². The first-order chi connectivity index (χ1) is 13.5. The molecule has 0 atom stereocenters. The van der Waals surface area contributed by atoms with E-state index in [0.717, 1.165) is 17.1 Å². The van der Waals surface area contributed by atoms with Crippen molar-refractivity contribution in [2.75, 3.05) is 26.2 Å². The van der Waals surface area contributed by atoms with E-state index in [4.69, 9.17) is 4.74 Å². The Hall–Kier alpha value is -2.48. The van der Waals surface area contributed by atoms with Crippen LogP contribution < -0.4 is 10.1 Å². The predicted octanol–water partition coefficient (Wildman–Crippen LogP) is 2.57. The molecule has 1 N–H and O–H groups in total. The zero-order valence-corrected chi connectivity index (χ0v) is 16.6. The number of benzene rings is 1. The third-order valence-corrected chi connectivity index (χ3v) is 5.56. The molecule has 2 heterocycles. The smallest absolute Gasteiger partial charge is 0.260 e. The largest absolute Gasteiger partial charge is 0.484 e. The third-order valence-electron chi connectivity index (χ3n) is 4.74. The number of aryl methyl sites for hydroxylation is 1. The van der Waals surface area contributed by atoms with E-state index in [-0.39, 0.29) is 30.2 Å². The van der Waals surface area contributed by atoms with Gasteiger partial charge in [-0.1, -0.05) is 0 Å². The molecule has 0 bridgehead atoms. The van der Waals surface area contributed by atoms with Gasteiger partial charge in [-0.15, -0.1) is 11.3 Å². The normalized spacial score (nSPS) is 14.7. The monoisotopic (exact) mass is 405 g/mol. The molecule has 1 aromatic carbocycles. The quantitative estimate of drug-likeness (QED) is 0.769. The number of rotatable bonds is 7. The van der Waals surface area contributed by atoms with Crippen LogP contribution in [-0.4, -0.2) is 47.9 Å². The van der Waals surface area contributed by atoms with Gasteiger partial charge < -0.3 is 15.0 Å². The van der Waals surface area contributed by atoms with Crippen molar-refractivity contribution in [2.45, 2.75) is 26.2 Å². The number of nitrogens with zero attached hydrogens (tertiary/aromatic N) is 2. The maximum atomic E-state index is 12.9. The first-order valence-corrected chi connectivity index (χ1v) is 10.2. The van der Waals surface area contributed by atoms with Gasteiger partial charge in [0, 0.05) is 37.4 Å². The number of likely N-dealkylation sites (tertiary alicyclic amines) is 1. The van der Waals surface area contributed by atoms with Crippen LogP contribution in [0.15, 0.2) is 29.6 Å². The van der Waals surface area contributed by atoms with E-state index in [9.17, 15) is 14.0 Å². The second-order valence-electron chi connectivity index (χ2n) is 6.80. The molecule has 1 fully saturated rings. The van der Waals surface area contributed by atoms with Gasteiger partial charge in [0.25, 0.3) is 5.91 Å². The van der Waals surface area contributed by atoms with Gasteiger partial charge in [0.15, 0.2) is 6.61 Å². The summed E-state index contributed by atoms with van der Waals surface area (Å²) in [5.74, 6) is -0.0389. The van der Waals surface area contributed by atoms with E-state index < -0.39 is 0 Å². The molecule has 8 heteroatoms. The van der Waals surface area contributed by atoms with E-state index in [1.807, 2.05) is 12.3 Å². The van der Waals surface area contributed by atoms with E-state index in [0.29, 0.717) is 38.2 Å². The molecule has 0 aliphatic carbocycles. The highest BCUT2D eigenvalue weighted by atomic mass is 32.1. The van der Waals surface area contributed by atoms with Crippen LogP contribution >= 0.6 is 11.3 Å². The molecule has 0 spiro atoms. The summed E-state index contributed by atoms with van der Waals surface area (Å²) in [7, 11) is 0. The van der Waals surface area contributed by atoms with Crippen LogP contribution in [0, 0.1) is 18.7 Å². The lowest BCUT2D eigenvalue weighted by molar-refractivity contribution is -0.137. The molecule has 2 aromatic rings. The predicted molar refractivity (Wildman–Crippen MR) is 105 cm³/mol. The average Bonchev–Trinajstić information content (AvgIpc) is 3.12. The number of carbonyl (C=O) groups excluding carboxylic acids is 2. The van der Waals surface area contributed by atoms with Gasteiger partial charge in [-0.25, -0.2) is 9.37 Å². The maximum absolute atomic E-state index is 12.9. The van der Waals surface area contributed by atoms with Gasteiger partial charge in [-0.3, -0.25) is 9.59 Å². The molecule has 3 rings (SSSR count). The number of hydrogen-bond donors (Lipinski definition) is 1. The Bertz CT molecular complexity index is 801. The molecule has 0 radical (unpaired) electrons. The van der Waals surface area contributed by atoms with Crippen LogP contribution in [0.4, 0.5) is 4.39 Å². The lowest BCUT2D eigenvalue weighted by Gasteiger charge is -2.31. The van der Waals surface area contributed by atoms with Crippen LogP contribution in [0.3, 0.4) is 0 Å². The molecule has 2 amide bonds. The van der Waals surface area contributed by atoms with Crippen molar-refractivity contribution in [3.8, 4) is 5.75 Å². The highest BCUT2D eigenvalue weighted by molar-refractivity contribution is 7.09. The van der Waals surface area contributed by atoms with E-state index in [1.165, 1.54) is 24.3 Å². The summed E-state index contributed by atoms with van der Waals surface area (Å²) in [5.41, 5.74) is 1.00. The molecule has 150 valence electrons. The highest BCUT2D eigenvalue weighted by Crippen LogP contribution is 2.18. The van der Waals surface area contributed by atoms with Crippen LogP contribution in [0.5, 0.6) is 5.75 Å². The summed E-state index contributed by atoms with van der Waals surface area (Å²) in [4.78, 5) is 30.7. The third kappa shape index (κ3) is 5.76. The summed E-state index contributed by atoms with van der Waals surface area (Å²) in [6.07, 6.45) is 2.02. The van der Waals surface area contributed by atoms with Crippen LogP contribution in [0.2, 0.25) is 0 Å². The van der Waals surface area contributed by atoms with Crippen LogP contribution in [-0.2, 0) is 16.0 Å². The summed E-state index contributed by atoms with van der Waals surface area (Å²) >= 11 is 1.61. The molecule has 0 unspecified atom stereocenters. The van der Waals surface area contributed by atoms with Crippen molar-refractivity contribution < 1.29 is 18.7 Å². The fourth-order valence-electron chi connectivity index (χ4n) is 3.14. The maximum Gasteiger partial charge on any atom is 0.260 e. The molecule has 1 aromatic heterocycles. The lowest BCUT2D eigenvalue weighted by atomic mass is 9.96. The second kappa shape index (κ2) is 9.64. The number of carbonyl (C=O) groups is 2. The fraction of sp³-hybridized carbons (Fsp3) is 0.450. The summed E-state index contributed by atoms with van der Waals surface area (Å²) in [6.45, 7) is 3.53. The zero-order valence-electron chi connectivity index (χ0n) is 15.8. The van der Waals surface area contributed by atoms with E-state index in [2.05, 4.69) is 10.3 Å². The van der Waals surface area contributed by atoms with Crippen molar-refractivity contribution in [3.63, 3.8) is 0 Å². The van der Waals surface area contributed by atoms with Crippen molar-refractivity contribution in [3.05, 3.63) is 46.2 Å². The number of ether oxygens (including phenoxy) is 1. The molecule has 0 saturated carbocycles. The SMILES string of the molecule is Cc1nc(CCNC(=O)C2CCN(C(=O)COc3ccc(F)cc3)CC2)cs1. The molecule has 1 aliphatic rings. The molecule has 6 nitrogen and oxygen atoms in total. The van der Waals surface area contributed by atoms with E-state index in [1.54, 1.807) is 16.2 Å². The summed E-state index contributed by atoms with van der Waals surface area (Å²) in [6, 6.07) is 5.57. The number of halogens is 1. The molecule has 28 heavy (non-hydrogen) atoms. The minimum atomic E-state index is -0.347. The zero-order chi connectivity index (χ0) is 19.9. The Kier molecular flexibility index (Phi) is 6.97. The highest BCUT2D eigenvalue weighted by Gasteiger charge is 2.27. The number of thiazole rings is 1. The number of aromatic nitrogens is 1. The van der Waals surface area contributed by atoms with Gasteiger partial charge in [-0.2, -0.15) is 0 Å². The van der Waals surface area contributed by atoms with Crippen molar-refractivity contribution in [2.24, 2.45) is 5.92 Å². The fourth-order valence-corrected chi connectivity index (χ4v) is 3.79. The van der Waals surface area contributed by atoms with Gasteiger partial charge >= 0.3 is 0 Å². The number of nitrogens with one attached hydrogen (secondary N) is 1. The Labute approximate surface area is 167 Å². The Morgan fingerprint density at radius 3 is 2.64 bits per heavy atom. The standard InChI is InChI=1S/C20H24FN3O3S/c1-14-23-17(13-28-14)6-9-22-20(26)15-7-10-24(11-8-15)19(25)12-27-18-4-2-16(21)3-5-18/h2-5,13,15H,6-12H2,1H3,(H,22,26). The van der Waals surface area contributed by atoms with E-state index >= 15 is 0 Å². The van der Waals surface area contributed by atoms with Crippen molar-refractivity contribution >= 4 is 23.2 Å². The first kappa shape index (κ1) is 20.3. The van der Waals surface area contributed by atoms with Gasteiger partial charge in [-0.05, 0) is 44.0 Å². The average molecular weight is 405 g/mol. The Balaban J connectivity index is 1.35. The number of piperidine rings is 1. The Morgan fingerprint density at radius 1 is 1.29 bits per heavy atom. The molecular weight excluding hydrogens is 381 g/mol. The number of amides is 2. The topological polar surface area (TPSA) is 71.5 Å². The van der Waals surface area contributed by atoms with Crippen molar-refractivity contribution in [1.82, 2.24) is 15.2 Å².